The number of nitrogens with two attached hydrogens (primary N) is 1. The van der Waals surface area contributed by atoms with Crippen LogP contribution in [0.2, 0.25) is 0 Å². The van der Waals surface area contributed by atoms with Crippen LogP contribution in [0.15, 0.2) is 0 Å². The third-order valence-corrected chi connectivity index (χ3v) is 2.95. The fraction of sp³-hybridized carbons (Fsp3) is 1.00. The van der Waals surface area contributed by atoms with Crippen molar-refractivity contribution in [3.63, 3.8) is 0 Å². The Balaban J connectivity index is 2.55. The summed E-state index contributed by atoms with van der Waals surface area (Å²) in [6, 6.07) is -0.159. The molecule has 0 aromatic heterocycles. The SMILES string of the molecule is CO[C@H]1CCCC[C@@H]1NS(N)(=O)=O. The molecule has 0 saturated heterocycles. The molecule has 5 nitrogen and oxygen atoms in total. The summed E-state index contributed by atoms with van der Waals surface area (Å²) in [6.45, 7) is 0. The predicted molar refractivity (Wildman–Crippen MR) is 49.3 cm³/mol. The molecule has 0 aliphatic heterocycles. The molecule has 0 aromatic rings. The summed E-state index contributed by atoms with van der Waals surface area (Å²) < 4.78 is 29.1. The monoisotopic (exact) mass is 208 g/mol. The second kappa shape index (κ2) is 4.36. The summed E-state index contributed by atoms with van der Waals surface area (Å²) in [7, 11) is -2.01. The van der Waals surface area contributed by atoms with Crippen molar-refractivity contribution in [1.29, 1.82) is 0 Å². The van der Waals surface area contributed by atoms with E-state index in [0.29, 0.717) is 0 Å². The van der Waals surface area contributed by atoms with E-state index in [1.807, 2.05) is 0 Å². The molecule has 0 bridgehead atoms. The van der Waals surface area contributed by atoms with Gasteiger partial charge >= 0.3 is 0 Å². The molecular weight excluding hydrogens is 192 g/mol. The third kappa shape index (κ3) is 3.60. The Labute approximate surface area is 78.8 Å². The van der Waals surface area contributed by atoms with Crippen molar-refractivity contribution in [2.24, 2.45) is 5.14 Å². The van der Waals surface area contributed by atoms with Gasteiger partial charge in [-0.05, 0) is 12.8 Å². The third-order valence-electron chi connectivity index (χ3n) is 2.32. The average molecular weight is 208 g/mol. The number of hydrogen-bond acceptors (Lipinski definition) is 3. The van der Waals surface area contributed by atoms with Crippen LogP contribution in [0.3, 0.4) is 0 Å². The highest BCUT2D eigenvalue weighted by Crippen LogP contribution is 2.20. The number of hydrogen-bond donors (Lipinski definition) is 2. The molecule has 0 unspecified atom stereocenters. The van der Waals surface area contributed by atoms with Crippen molar-refractivity contribution in [1.82, 2.24) is 4.72 Å². The number of ether oxygens (including phenoxy) is 1. The molecule has 0 radical (unpaired) electrons. The maximum Gasteiger partial charge on any atom is 0.274 e. The fourth-order valence-electron chi connectivity index (χ4n) is 1.72. The minimum Gasteiger partial charge on any atom is -0.380 e. The van der Waals surface area contributed by atoms with Crippen molar-refractivity contribution < 1.29 is 13.2 Å². The molecule has 1 aliphatic carbocycles. The zero-order valence-electron chi connectivity index (χ0n) is 7.69. The Morgan fingerprint density at radius 2 is 2.00 bits per heavy atom. The zero-order valence-corrected chi connectivity index (χ0v) is 8.51. The summed E-state index contributed by atoms with van der Waals surface area (Å²) >= 11 is 0. The summed E-state index contributed by atoms with van der Waals surface area (Å²) in [5.74, 6) is 0. The Morgan fingerprint density at radius 3 is 2.54 bits per heavy atom. The molecule has 1 fully saturated rings. The molecule has 0 aromatic carbocycles. The quantitative estimate of drug-likeness (QED) is 0.670. The lowest BCUT2D eigenvalue weighted by Gasteiger charge is -2.29. The summed E-state index contributed by atoms with van der Waals surface area (Å²) in [5, 5.41) is 4.89. The Kier molecular flexibility index (Phi) is 3.66. The van der Waals surface area contributed by atoms with Gasteiger partial charge in [0.1, 0.15) is 0 Å². The van der Waals surface area contributed by atoms with Crippen molar-refractivity contribution in [2.75, 3.05) is 7.11 Å². The van der Waals surface area contributed by atoms with Gasteiger partial charge in [-0.2, -0.15) is 13.1 Å². The second-order valence-corrected chi connectivity index (χ2v) is 4.65. The van der Waals surface area contributed by atoms with E-state index in [1.54, 1.807) is 7.11 Å². The number of nitrogens with one attached hydrogen (secondary N) is 1. The van der Waals surface area contributed by atoms with Gasteiger partial charge in [0.05, 0.1) is 6.10 Å². The lowest BCUT2D eigenvalue weighted by Crippen LogP contribution is -2.48. The second-order valence-electron chi connectivity index (χ2n) is 3.33. The van der Waals surface area contributed by atoms with E-state index < -0.39 is 10.2 Å². The fourth-order valence-corrected chi connectivity index (χ4v) is 2.42. The molecule has 1 rings (SSSR count). The first-order chi connectivity index (χ1) is 6.03. The van der Waals surface area contributed by atoms with Gasteiger partial charge in [0, 0.05) is 13.2 Å². The highest BCUT2D eigenvalue weighted by molar-refractivity contribution is 7.87. The smallest absolute Gasteiger partial charge is 0.274 e. The molecule has 3 N–H and O–H groups in total. The maximum absolute atomic E-state index is 10.8. The lowest BCUT2D eigenvalue weighted by molar-refractivity contribution is 0.0493. The van der Waals surface area contributed by atoms with E-state index in [2.05, 4.69) is 4.72 Å². The molecule has 13 heavy (non-hydrogen) atoms. The van der Waals surface area contributed by atoms with Crippen LogP contribution in [0.1, 0.15) is 25.7 Å². The van der Waals surface area contributed by atoms with Crippen molar-refractivity contribution >= 4 is 10.2 Å². The van der Waals surface area contributed by atoms with Gasteiger partial charge in [-0.3, -0.25) is 0 Å². The lowest BCUT2D eigenvalue weighted by atomic mass is 9.93. The van der Waals surface area contributed by atoms with Crippen LogP contribution >= 0.6 is 0 Å². The molecule has 78 valence electrons. The van der Waals surface area contributed by atoms with E-state index in [1.165, 1.54) is 0 Å². The standard InChI is InChI=1S/C7H16N2O3S/c1-12-7-5-3-2-4-6(7)9-13(8,10)11/h6-7,9H,2-5H2,1H3,(H2,8,10,11)/t6-,7-/m0/s1. The molecule has 1 aliphatic rings. The topological polar surface area (TPSA) is 81.4 Å². The van der Waals surface area contributed by atoms with E-state index >= 15 is 0 Å². The van der Waals surface area contributed by atoms with E-state index in [-0.39, 0.29) is 12.1 Å². The van der Waals surface area contributed by atoms with Gasteiger partial charge in [-0.1, -0.05) is 12.8 Å². The van der Waals surface area contributed by atoms with Crippen LogP contribution in [0, 0.1) is 0 Å². The predicted octanol–water partition coefficient (Wildman–Crippen LogP) is -0.263. The minimum absolute atomic E-state index is 0.0351. The summed E-state index contributed by atoms with van der Waals surface area (Å²) in [4.78, 5) is 0. The molecule has 2 atom stereocenters. The van der Waals surface area contributed by atoms with Crippen LogP contribution in [0.4, 0.5) is 0 Å². The molecule has 0 spiro atoms. The number of methoxy groups -OCH3 is 1. The van der Waals surface area contributed by atoms with Crippen molar-refractivity contribution in [3.8, 4) is 0 Å². The van der Waals surface area contributed by atoms with E-state index in [9.17, 15) is 8.42 Å². The molecule has 0 amide bonds. The minimum atomic E-state index is -3.60. The highest BCUT2D eigenvalue weighted by Gasteiger charge is 2.27. The van der Waals surface area contributed by atoms with Gasteiger partial charge in [-0.25, -0.2) is 5.14 Å². The van der Waals surface area contributed by atoms with Gasteiger partial charge in [0.25, 0.3) is 10.2 Å². The molecule has 1 saturated carbocycles. The molecular formula is C7H16N2O3S. The largest absolute Gasteiger partial charge is 0.380 e. The maximum atomic E-state index is 10.8. The first kappa shape index (κ1) is 10.9. The van der Waals surface area contributed by atoms with Crippen LogP contribution in [0.25, 0.3) is 0 Å². The van der Waals surface area contributed by atoms with Crippen molar-refractivity contribution in [2.45, 2.75) is 37.8 Å². The van der Waals surface area contributed by atoms with E-state index in [4.69, 9.17) is 9.88 Å². The Bertz CT molecular complexity index is 252. The summed E-state index contributed by atoms with van der Waals surface area (Å²) in [6.07, 6.45) is 3.76. The van der Waals surface area contributed by atoms with Crippen LogP contribution < -0.4 is 9.86 Å². The van der Waals surface area contributed by atoms with Crippen LogP contribution in [-0.4, -0.2) is 27.7 Å². The van der Waals surface area contributed by atoms with Crippen LogP contribution in [0.5, 0.6) is 0 Å². The van der Waals surface area contributed by atoms with Gasteiger partial charge in [-0.15, -0.1) is 0 Å². The van der Waals surface area contributed by atoms with Crippen molar-refractivity contribution in [3.05, 3.63) is 0 Å². The van der Waals surface area contributed by atoms with Gasteiger partial charge in [0.2, 0.25) is 0 Å². The van der Waals surface area contributed by atoms with E-state index in [0.717, 1.165) is 25.7 Å². The summed E-state index contributed by atoms with van der Waals surface area (Å²) in [5.41, 5.74) is 0. The zero-order chi connectivity index (χ0) is 9.90. The average Bonchev–Trinajstić information content (AvgIpc) is 2.02. The van der Waals surface area contributed by atoms with Gasteiger partial charge in [0.15, 0.2) is 0 Å². The van der Waals surface area contributed by atoms with Gasteiger partial charge < -0.3 is 4.74 Å². The molecule has 0 heterocycles. The van der Waals surface area contributed by atoms with Crippen LogP contribution in [-0.2, 0) is 14.9 Å². The molecule has 6 heteroatoms. The Morgan fingerprint density at radius 1 is 1.38 bits per heavy atom. The first-order valence-corrected chi connectivity index (χ1v) is 5.90. The highest BCUT2D eigenvalue weighted by atomic mass is 32.2. The Hall–Kier alpha value is -0.170. The number of rotatable bonds is 3. The first-order valence-electron chi connectivity index (χ1n) is 4.36. The normalized spacial score (nSPS) is 30.3.